The van der Waals surface area contributed by atoms with Gasteiger partial charge in [-0.15, -0.1) is 0 Å². The van der Waals surface area contributed by atoms with Gasteiger partial charge in [0.1, 0.15) is 0 Å². The average Bonchev–Trinajstić information content (AvgIpc) is 2.44. The molecule has 3 N–H and O–H groups in total. The summed E-state index contributed by atoms with van der Waals surface area (Å²) in [7, 11) is 4.95. The van der Waals surface area contributed by atoms with E-state index in [4.69, 9.17) is 19.9 Å². The molecular weight excluding hydrogens is 244 g/mol. The maximum Gasteiger partial charge on any atom is 0.162 e. The van der Waals surface area contributed by atoms with Gasteiger partial charge < -0.3 is 25.3 Å². The van der Waals surface area contributed by atoms with Crippen molar-refractivity contribution in [3.05, 3.63) is 18.2 Å². The van der Waals surface area contributed by atoms with E-state index in [9.17, 15) is 0 Å². The molecule has 5 nitrogen and oxygen atoms in total. The van der Waals surface area contributed by atoms with E-state index in [1.165, 1.54) is 0 Å². The summed E-state index contributed by atoms with van der Waals surface area (Å²) in [5.41, 5.74) is 6.53. The third-order valence-corrected chi connectivity index (χ3v) is 2.88. The molecule has 0 aliphatic rings. The van der Waals surface area contributed by atoms with E-state index in [1.54, 1.807) is 21.3 Å². The minimum atomic E-state index is 0.242. The van der Waals surface area contributed by atoms with Crippen molar-refractivity contribution in [3.63, 3.8) is 0 Å². The summed E-state index contributed by atoms with van der Waals surface area (Å²) in [5, 5.41) is 3.42. The van der Waals surface area contributed by atoms with Crippen LogP contribution in [-0.4, -0.2) is 40.5 Å². The van der Waals surface area contributed by atoms with Crippen LogP contribution in [0.25, 0.3) is 0 Å². The Morgan fingerprint density at radius 1 is 1.16 bits per heavy atom. The molecule has 0 amide bonds. The van der Waals surface area contributed by atoms with Crippen LogP contribution in [-0.2, 0) is 4.74 Å². The molecule has 19 heavy (non-hydrogen) atoms. The van der Waals surface area contributed by atoms with E-state index in [0.29, 0.717) is 18.9 Å². The van der Waals surface area contributed by atoms with Gasteiger partial charge in [-0.25, -0.2) is 0 Å². The zero-order chi connectivity index (χ0) is 14.1. The Morgan fingerprint density at radius 3 is 2.47 bits per heavy atom. The lowest BCUT2D eigenvalue weighted by molar-refractivity contribution is 0.182. The highest BCUT2D eigenvalue weighted by Crippen LogP contribution is 2.30. The third-order valence-electron chi connectivity index (χ3n) is 2.88. The van der Waals surface area contributed by atoms with Gasteiger partial charge in [0.15, 0.2) is 11.5 Å². The van der Waals surface area contributed by atoms with Gasteiger partial charge in [-0.05, 0) is 31.5 Å². The van der Waals surface area contributed by atoms with Crippen molar-refractivity contribution < 1.29 is 14.2 Å². The van der Waals surface area contributed by atoms with E-state index in [-0.39, 0.29) is 6.04 Å². The summed E-state index contributed by atoms with van der Waals surface area (Å²) in [6.45, 7) is 1.34. The summed E-state index contributed by atoms with van der Waals surface area (Å²) in [6, 6.07) is 6.01. The molecule has 1 aromatic carbocycles. The Labute approximate surface area is 115 Å². The summed E-state index contributed by atoms with van der Waals surface area (Å²) < 4.78 is 15.7. The van der Waals surface area contributed by atoms with Crippen molar-refractivity contribution >= 4 is 5.69 Å². The van der Waals surface area contributed by atoms with Crippen LogP contribution in [0.3, 0.4) is 0 Å². The quantitative estimate of drug-likeness (QED) is 0.715. The Morgan fingerprint density at radius 2 is 1.89 bits per heavy atom. The van der Waals surface area contributed by atoms with Crippen molar-refractivity contribution in [1.82, 2.24) is 0 Å². The Hall–Kier alpha value is -1.46. The standard InChI is InChI=1S/C14H24N2O3/c1-17-10-12(5-4-8-15)16-11-6-7-13(18-2)14(9-11)19-3/h6-7,9,12,16H,4-5,8,10,15H2,1-3H3. The highest BCUT2D eigenvalue weighted by molar-refractivity contribution is 5.55. The molecule has 1 atom stereocenters. The normalized spacial score (nSPS) is 12.0. The number of anilines is 1. The van der Waals surface area contributed by atoms with E-state index < -0.39 is 0 Å². The van der Waals surface area contributed by atoms with E-state index in [0.717, 1.165) is 24.3 Å². The fourth-order valence-corrected chi connectivity index (χ4v) is 1.92. The van der Waals surface area contributed by atoms with Gasteiger partial charge in [-0.2, -0.15) is 0 Å². The minimum absolute atomic E-state index is 0.242. The molecule has 0 bridgehead atoms. The topological polar surface area (TPSA) is 65.7 Å². The van der Waals surface area contributed by atoms with Crippen LogP contribution in [0.2, 0.25) is 0 Å². The molecule has 0 aliphatic heterocycles. The van der Waals surface area contributed by atoms with Crippen LogP contribution in [0, 0.1) is 0 Å². The van der Waals surface area contributed by atoms with Crippen molar-refractivity contribution in [2.45, 2.75) is 18.9 Å². The minimum Gasteiger partial charge on any atom is -0.493 e. The monoisotopic (exact) mass is 268 g/mol. The van der Waals surface area contributed by atoms with Crippen molar-refractivity contribution in [3.8, 4) is 11.5 Å². The molecule has 0 aromatic heterocycles. The largest absolute Gasteiger partial charge is 0.493 e. The Balaban J connectivity index is 2.72. The fraction of sp³-hybridized carbons (Fsp3) is 0.571. The summed E-state index contributed by atoms with van der Waals surface area (Å²) in [4.78, 5) is 0. The smallest absolute Gasteiger partial charge is 0.162 e. The first-order valence-corrected chi connectivity index (χ1v) is 6.42. The Kier molecular flexibility index (Phi) is 7.07. The SMILES string of the molecule is COCC(CCCN)Nc1ccc(OC)c(OC)c1. The summed E-state index contributed by atoms with van der Waals surface area (Å²) in [6.07, 6.45) is 1.94. The van der Waals surface area contributed by atoms with Crippen LogP contribution in [0.5, 0.6) is 11.5 Å². The molecule has 0 aliphatic carbocycles. The number of nitrogens with two attached hydrogens (primary N) is 1. The predicted molar refractivity (Wildman–Crippen MR) is 77.1 cm³/mol. The molecule has 0 radical (unpaired) electrons. The second-order valence-electron chi connectivity index (χ2n) is 4.30. The first-order valence-electron chi connectivity index (χ1n) is 6.42. The van der Waals surface area contributed by atoms with Gasteiger partial charge in [-0.3, -0.25) is 0 Å². The van der Waals surface area contributed by atoms with Crippen LogP contribution in [0.1, 0.15) is 12.8 Å². The lowest BCUT2D eigenvalue weighted by atomic mass is 10.1. The second kappa shape index (κ2) is 8.61. The molecule has 5 heteroatoms. The molecule has 0 heterocycles. The maximum atomic E-state index is 5.54. The van der Waals surface area contributed by atoms with Gasteiger partial charge >= 0.3 is 0 Å². The van der Waals surface area contributed by atoms with Crippen molar-refractivity contribution in [1.29, 1.82) is 0 Å². The highest BCUT2D eigenvalue weighted by Gasteiger charge is 2.10. The summed E-state index contributed by atoms with van der Waals surface area (Å²) >= 11 is 0. The molecule has 1 aromatic rings. The first kappa shape index (κ1) is 15.6. The third kappa shape index (κ3) is 4.96. The van der Waals surface area contributed by atoms with Crippen LogP contribution in [0.4, 0.5) is 5.69 Å². The number of ether oxygens (including phenoxy) is 3. The van der Waals surface area contributed by atoms with Gasteiger partial charge in [0.2, 0.25) is 0 Å². The van der Waals surface area contributed by atoms with E-state index in [1.807, 2.05) is 18.2 Å². The predicted octanol–water partition coefficient (Wildman–Crippen LogP) is 1.87. The molecule has 1 unspecified atom stereocenters. The molecule has 0 spiro atoms. The van der Waals surface area contributed by atoms with Crippen LogP contribution in [0.15, 0.2) is 18.2 Å². The number of hydrogen-bond acceptors (Lipinski definition) is 5. The van der Waals surface area contributed by atoms with Gasteiger partial charge in [0, 0.05) is 24.9 Å². The summed E-state index contributed by atoms with van der Waals surface area (Å²) in [5.74, 6) is 1.43. The maximum absolute atomic E-state index is 5.54. The average molecular weight is 268 g/mol. The van der Waals surface area contributed by atoms with Crippen molar-refractivity contribution in [2.75, 3.05) is 39.8 Å². The molecule has 0 saturated heterocycles. The lowest BCUT2D eigenvalue weighted by Crippen LogP contribution is -2.25. The molecule has 108 valence electrons. The molecule has 1 rings (SSSR count). The number of nitrogens with one attached hydrogen (secondary N) is 1. The van der Waals surface area contributed by atoms with Crippen LogP contribution < -0.4 is 20.5 Å². The number of benzene rings is 1. The molecule has 0 fully saturated rings. The second-order valence-corrected chi connectivity index (χ2v) is 4.30. The van der Waals surface area contributed by atoms with Crippen LogP contribution >= 0.6 is 0 Å². The van der Waals surface area contributed by atoms with E-state index >= 15 is 0 Å². The molecule has 0 saturated carbocycles. The highest BCUT2D eigenvalue weighted by atomic mass is 16.5. The fourth-order valence-electron chi connectivity index (χ4n) is 1.92. The number of methoxy groups -OCH3 is 3. The van der Waals surface area contributed by atoms with Gasteiger partial charge in [0.25, 0.3) is 0 Å². The first-order chi connectivity index (χ1) is 9.24. The van der Waals surface area contributed by atoms with Gasteiger partial charge in [0.05, 0.1) is 20.8 Å². The zero-order valence-electron chi connectivity index (χ0n) is 11.9. The number of hydrogen-bond donors (Lipinski definition) is 2. The van der Waals surface area contributed by atoms with Gasteiger partial charge in [-0.1, -0.05) is 0 Å². The zero-order valence-corrected chi connectivity index (χ0v) is 11.9. The molecular formula is C14H24N2O3. The number of rotatable bonds is 9. The van der Waals surface area contributed by atoms with Crippen molar-refractivity contribution in [2.24, 2.45) is 5.73 Å². The Bertz CT molecular complexity index is 372. The van der Waals surface area contributed by atoms with E-state index in [2.05, 4.69) is 5.32 Å². The lowest BCUT2D eigenvalue weighted by Gasteiger charge is -2.19.